The minimum absolute atomic E-state index is 0.218. The number of fused-ring (bicyclic) bond motifs is 2. The smallest absolute Gasteiger partial charge is 0.218 e. The number of hydrogen-bond acceptors (Lipinski definition) is 7. The molecule has 0 unspecified atom stereocenters. The molecule has 7 nitrogen and oxygen atoms in total. The molecule has 2 aliphatic heterocycles. The van der Waals surface area contributed by atoms with Crippen molar-refractivity contribution < 1.29 is 14.6 Å². The molecule has 2 aliphatic carbocycles. The molecular weight excluding hydrogens is 619 g/mol. The van der Waals surface area contributed by atoms with Gasteiger partial charge in [0.1, 0.15) is 0 Å². The number of nitrogens with zero attached hydrogens (tertiary/aromatic N) is 4. The van der Waals surface area contributed by atoms with Gasteiger partial charge < -0.3 is 14.6 Å². The van der Waals surface area contributed by atoms with E-state index in [-0.39, 0.29) is 12.1 Å². The first kappa shape index (κ1) is 30.2. The van der Waals surface area contributed by atoms with E-state index < -0.39 is 0 Å². The van der Waals surface area contributed by atoms with Gasteiger partial charge in [0.25, 0.3) is 0 Å². The number of methoxy groups -OCH3 is 2. The highest BCUT2D eigenvalue weighted by Crippen LogP contribution is 2.48. The minimum atomic E-state index is -0.249. The largest absolute Gasteiger partial charge is 0.481 e. The molecule has 46 heavy (non-hydrogen) atoms. The molecule has 0 bridgehead atoms. The van der Waals surface area contributed by atoms with Gasteiger partial charge in [-0.1, -0.05) is 66.5 Å². The molecule has 2 aromatic heterocycles. The van der Waals surface area contributed by atoms with Crippen molar-refractivity contribution >= 4 is 23.2 Å². The Labute approximate surface area is 280 Å². The molecule has 1 N–H and O–H groups in total. The molecule has 0 amide bonds. The second-order valence-electron chi connectivity index (χ2n) is 13.3. The average Bonchev–Trinajstić information content (AvgIpc) is 3.65. The van der Waals surface area contributed by atoms with Crippen molar-refractivity contribution in [2.45, 2.75) is 50.8 Å². The molecule has 4 heterocycles. The van der Waals surface area contributed by atoms with E-state index in [0.717, 1.165) is 83.9 Å². The van der Waals surface area contributed by atoms with Crippen LogP contribution in [0.5, 0.6) is 11.8 Å². The predicted molar refractivity (Wildman–Crippen MR) is 182 cm³/mol. The zero-order chi connectivity index (χ0) is 31.7. The van der Waals surface area contributed by atoms with Crippen molar-refractivity contribution in [3.05, 3.63) is 80.8 Å². The summed E-state index contributed by atoms with van der Waals surface area (Å²) in [6.07, 6.45) is 3.75. The fraction of sp³-hybridized carbons (Fsp3) is 0.405. The van der Waals surface area contributed by atoms with E-state index in [1.165, 1.54) is 16.7 Å². The monoisotopic (exact) mass is 656 g/mol. The molecule has 0 spiro atoms. The summed E-state index contributed by atoms with van der Waals surface area (Å²) in [5.41, 5.74) is 9.79. The SMILES string of the molecule is COc1nc(-c2cccc(-c3cccc(-c4cc5c(c(OC)n4)[C@@H](N4CC(C)C4)CC5)c3Cl)c2Cl)cc2c1[C@H](N1CC(O)C1)CC2. The van der Waals surface area contributed by atoms with E-state index in [4.69, 9.17) is 42.6 Å². The maximum Gasteiger partial charge on any atom is 0.218 e. The van der Waals surface area contributed by atoms with Gasteiger partial charge in [0, 0.05) is 71.6 Å². The van der Waals surface area contributed by atoms with Crippen molar-refractivity contribution in [1.82, 2.24) is 19.8 Å². The van der Waals surface area contributed by atoms with Crippen molar-refractivity contribution in [2.75, 3.05) is 40.4 Å². The van der Waals surface area contributed by atoms with Gasteiger partial charge in [-0.15, -0.1) is 0 Å². The number of halogens is 2. The Morgan fingerprint density at radius 2 is 1.13 bits per heavy atom. The topological polar surface area (TPSA) is 71.0 Å². The maximum atomic E-state index is 9.88. The number of rotatable bonds is 7. The molecule has 4 aromatic rings. The van der Waals surface area contributed by atoms with Crippen LogP contribution < -0.4 is 9.47 Å². The Morgan fingerprint density at radius 1 is 0.696 bits per heavy atom. The van der Waals surface area contributed by atoms with Gasteiger partial charge in [-0.05, 0) is 54.9 Å². The molecule has 2 aromatic carbocycles. The number of aliphatic hydroxyl groups excluding tert-OH is 1. The summed E-state index contributed by atoms with van der Waals surface area (Å²) < 4.78 is 11.7. The van der Waals surface area contributed by atoms with Crippen LogP contribution in [-0.2, 0) is 12.8 Å². The van der Waals surface area contributed by atoms with Gasteiger partial charge in [0.05, 0.1) is 41.8 Å². The lowest BCUT2D eigenvalue weighted by molar-refractivity contribution is -0.0256. The number of aryl methyl sites for hydroxylation is 2. The van der Waals surface area contributed by atoms with E-state index in [1.54, 1.807) is 14.2 Å². The van der Waals surface area contributed by atoms with Crippen LogP contribution in [0, 0.1) is 5.92 Å². The molecule has 9 heteroatoms. The van der Waals surface area contributed by atoms with Crippen molar-refractivity contribution in [3.8, 4) is 45.4 Å². The summed E-state index contributed by atoms with van der Waals surface area (Å²) in [6.45, 7) is 5.93. The third-order valence-corrected chi connectivity index (χ3v) is 11.2. The fourth-order valence-electron chi connectivity index (χ4n) is 8.10. The van der Waals surface area contributed by atoms with Crippen molar-refractivity contribution in [1.29, 1.82) is 0 Å². The Hall–Kier alpha value is -3.20. The van der Waals surface area contributed by atoms with Gasteiger partial charge in [-0.2, -0.15) is 0 Å². The molecule has 2 saturated heterocycles. The number of benzene rings is 2. The summed E-state index contributed by atoms with van der Waals surface area (Å²) in [6, 6.07) is 17.0. The summed E-state index contributed by atoms with van der Waals surface area (Å²) in [4.78, 5) is 14.8. The Bertz CT molecular complexity index is 1700. The average molecular weight is 658 g/mol. The molecule has 2 fully saturated rings. The second kappa shape index (κ2) is 11.8. The first-order valence-corrected chi connectivity index (χ1v) is 17.0. The highest BCUT2D eigenvalue weighted by molar-refractivity contribution is 6.39. The third-order valence-electron chi connectivity index (χ3n) is 10.3. The third kappa shape index (κ3) is 4.90. The Kier molecular flexibility index (Phi) is 7.73. The standard InChI is InChI=1S/C37H38Cl2N4O3/c1-20-16-42(17-20)30-12-10-21-14-28(40-36(45-2)32(21)30)26-8-4-6-24(34(26)38)25-7-5-9-27(35(25)39)29-15-22-11-13-31(43-18-23(44)19-43)33(22)37(41-29)46-3/h4-9,14-15,20,23,30-31,44H,10-13,16-19H2,1-3H3/t30-,31+/m0/s1. The summed E-state index contributed by atoms with van der Waals surface area (Å²) in [7, 11) is 3.38. The van der Waals surface area contributed by atoms with Gasteiger partial charge in [-0.3, -0.25) is 9.80 Å². The number of aliphatic hydroxyl groups is 1. The van der Waals surface area contributed by atoms with Gasteiger partial charge in [-0.25, -0.2) is 9.97 Å². The summed E-state index contributed by atoms with van der Waals surface area (Å²) in [5, 5.41) is 11.1. The highest BCUT2D eigenvalue weighted by atomic mass is 35.5. The van der Waals surface area contributed by atoms with E-state index >= 15 is 0 Å². The molecule has 0 saturated carbocycles. The quantitative estimate of drug-likeness (QED) is 0.222. The van der Waals surface area contributed by atoms with Crippen LogP contribution in [0.4, 0.5) is 0 Å². The lowest BCUT2D eigenvalue weighted by Crippen LogP contribution is -2.51. The highest BCUT2D eigenvalue weighted by Gasteiger charge is 2.39. The lowest BCUT2D eigenvalue weighted by Gasteiger charge is -2.42. The first-order valence-electron chi connectivity index (χ1n) is 16.2. The van der Waals surface area contributed by atoms with E-state index in [2.05, 4.69) is 28.9 Å². The molecule has 2 atom stereocenters. The van der Waals surface area contributed by atoms with Crippen LogP contribution in [0.3, 0.4) is 0 Å². The van der Waals surface area contributed by atoms with Crippen LogP contribution in [-0.4, -0.2) is 71.4 Å². The normalized spacial score (nSPS) is 21.5. The number of likely N-dealkylation sites (tertiary alicyclic amines) is 2. The number of pyridine rings is 2. The van der Waals surface area contributed by atoms with Crippen LogP contribution in [0.2, 0.25) is 10.0 Å². The number of aromatic nitrogens is 2. The van der Waals surface area contributed by atoms with Gasteiger partial charge in [0.15, 0.2) is 0 Å². The van der Waals surface area contributed by atoms with Crippen LogP contribution in [0.25, 0.3) is 33.6 Å². The van der Waals surface area contributed by atoms with Crippen LogP contribution in [0.1, 0.15) is 54.1 Å². The molecule has 238 valence electrons. The predicted octanol–water partition coefficient (Wildman–Crippen LogP) is 7.40. The maximum absolute atomic E-state index is 9.88. The van der Waals surface area contributed by atoms with E-state index in [1.807, 2.05) is 36.4 Å². The summed E-state index contributed by atoms with van der Waals surface area (Å²) in [5.74, 6) is 2.06. The molecular formula is C37H38Cl2N4O3. The zero-order valence-electron chi connectivity index (χ0n) is 26.4. The first-order chi connectivity index (χ1) is 22.3. The summed E-state index contributed by atoms with van der Waals surface area (Å²) >= 11 is 14.4. The van der Waals surface area contributed by atoms with E-state index in [0.29, 0.717) is 40.9 Å². The molecule has 4 aliphatic rings. The second-order valence-corrected chi connectivity index (χ2v) is 14.0. The number of β-amino-alcohol motifs (C(OH)–C–C–N with tert-alkyl or cyclic N) is 1. The van der Waals surface area contributed by atoms with Crippen LogP contribution in [0.15, 0.2) is 48.5 Å². The molecule has 8 rings (SSSR count). The van der Waals surface area contributed by atoms with Crippen LogP contribution >= 0.6 is 23.2 Å². The van der Waals surface area contributed by atoms with E-state index in [9.17, 15) is 5.11 Å². The fourth-order valence-corrected chi connectivity index (χ4v) is 8.75. The van der Waals surface area contributed by atoms with Crippen molar-refractivity contribution in [2.24, 2.45) is 5.92 Å². The minimum Gasteiger partial charge on any atom is -0.481 e. The Morgan fingerprint density at radius 3 is 1.54 bits per heavy atom. The number of ether oxygens (including phenoxy) is 2. The zero-order valence-corrected chi connectivity index (χ0v) is 27.9. The van der Waals surface area contributed by atoms with Gasteiger partial charge in [0.2, 0.25) is 11.8 Å². The van der Waals surface area contributed by atoms with Crippen molar-refractivity contribution in [3.63, 3.8) is 0 Å². The lowest BCUT2D eigenvalue weighted by atomic mass is 9.96. The molecule has 0 radical (unpaired) electrons. The number of hydrogen-bond donors (Lipinski definition) is 1. The Balaban J connectivity index is 1.15. The van der Waals surface area contributed by atoms with Gasteiger partial charge >= 0.3 is 0 Å².